The molecule has 0 bridgehead atoms. The van der Waals surface area contributed by atoms with Crippen molar-refractivity contribution in [2.45, 2.75) is 16.6 Å². The van der Waals surface area contributed by atoms with Gasteiger partial charge in [0.2, 0.25) is 11.8 Å². The van der Waals surface area contributed by atoms with E-state index in [1.54, 1.807) is 18.2 Å². The number of carbonyl (C=O) groups excluding carboxylic acids is 2. The second-order valence-corrected chi connectivity index (χ2v) is 5.00. The zero-order valence-electron chi connectivity index (χ0n) is 8.20. The number of anilines is 1. The molecule has 2 rings (SSSR count). The first-order chi connectivity index (χ1) is 7.58. The minimum Gasteiger partial charge on any atom is -0.398 e. The van der Waals surface area contributed by atoms with Crippen molar-refractivity contribution >= 4 is 40.9 Å². The van der Waals surface area contributed by atoms with E-state index < -0.39 is 5.25 Å². The molecule has 0 radical (unpaired) electrons. The Labute approximate surface area is 102 Å². The minimum atomic E-state index is -0.435. The normalized spacial score (nSPS) is 19.9. The maximum absolute atomic E-state index is 11.4. The molecule has 6 heteroatoms. The van der Waals surface area contributed by atoms with Gasteiger partial charge in [-0.2, -0.15) is 0 Å². The lowest BCUT2D eigenvalue weighted by Gasteiger charge is -2.10. The molecule has 0 saturated carbocycles. The summed E-state index contributed by atoms with van der Waals surface area (Å²) < 4.78 is 0. The van der Waals surface area contributed by atoms with Gasteiger partial charge >= 0.3 is 0 Å². The third-order valence-electron chi connectivity index (χ3n) is 2.18. The highest BCUT2D eigenvalue weighted by Gasteiger charge is 2.32. The molecule has 1 atom stereocenters. The Morgan fingerprint density at radius 2 is 2.19 bits per heavy atom. The molecular weight excluding hydrogens is 248 g/mol. The van der Waals surface area contributed by atoms with E-state index >= 15 is 0 Å². The zero-order chi connectivity index (χ0) is 11.7. The van der Waals surface area contributed by atoms with Crippen molar-refractivity contribution in [1.82, 2.24) is 5.32 Å². The summed E-state index contributed by atoms with van der Waals surface area (Å²) in [5.41, 5.74) is 6.28. The first-order valence-corrected chi connectivity index (χ1v) is 5.88. The Morgan fingerprint density at radius 1 is 1.44 bits per heavy atom. The quantitative estimate of drug-likeness (QED) is 0.620. The van der Waals surface area contributed by atoms with Gasteiger partial charge in [-0.15, -0.1) is 11.8 Å². The van der Waals surface area contributed by atoms with Crippen molar-refractivity contribution in [1.29, 1.82) is 0 Å². The van der Waals surface area contributed by atoms with Gasteiger partial charge in [-0.05, 0) is 12.1 Å². The smallest absolute Gasteiger partial charge is 0.240 e. The van der Waals surface area contributed by atoms with E-state index in [0.717, 1.165) is 0 Å². The van der Waals surface area contributed by atoms with E-state index in [0.29, 0.717) is 15.6 Å². The van der Waals surface area contributed by atoms with Crippen LogP contribution in [-0.4, -0.2) is 17.1 Å². The topological polar surface area (TPSA) is 72.2 Å². The van der Waals surface area contributed by atoms with E-state index in [1.807, 2.05) is 0 Å². The van der Waals surface area contributed by atoms with E-state index in [2.05, 4.69) is 5.32 Å². The molecule has 16 heavy (non-hydrogen) atoms. The molecule has 4 nitrogen and oxygen atoms in total. The van der Waals surface area contributed by atoms with Crippen molar-refractivity contribution < 1.29 is 9.59 Å². The Balaban J connectivity index is 2.21. The van der Waals surface area contributed by atoms with E-state index in [9.17, 15) is 9.59 Å². The fraction of sp³-hybridized carbons (Fsp3) is 0.200. The molecule has 0 aromatic heterocycles. The summed E-state index contributed by atoms with van der Waals surface area (Å²) in [5, 5.41) is 2.31. The van der Waals surface area contributed by atoms with Gasteiger partial charge < -0.3 is 5.73 Å². The maximum Gasteiger partial charge on any atom is 0.240 e. The number of hydrogen-bond acceptors (Lipinski definition) is 4. The monoisotopic (exact) mass is 256 g/mol. The zero-order valence-corrected chi connectivity index (χ0v) is 9.77. The van der Waals surface area contributed by atoms with Gasteiger partial charge in [-0.25, -0.2) is 0 Å². The number of carbonyl (C=O) groups is 2. The standard InChI is InChI=1S/C10H9ClN2O2S/c11-5-2-1-3-6(12)9(5)16-7-4-8(14)13-10(7)15/h1-3,7H,4,12H2,(H,13,14,15). The summed E-state index contributed by atoms with van der Waals surface area (Å²) in [6.45, 7) is 0. The molecule has 1 aliphatic heterocycles. The summed E-state index contributed by atoms with van der Waals surface area (Å²) in [7, 11) is 0. The van der Waals surface area contributed by atoms with Gasteiger partial charge in [0.05, 0.1) is 10.3 Å². The first kappa shape index (κ1) is 11.3. The third kappa shape index (κ3) is 2.15. The Hall–Kier alpha value is -1.20. The van der Waals surface area contributed by atoms with Crippen LogP contribution in [0, 0.1) is 0 Å². The number of rotatable bonds is 2. The highest BCUT2D eigenvalue weighted by atomic mass is 35.5. The van der Waals surface area contributed by atoms with E-state index in [1.165, 1.54) is 11.8 Å². The molecule has 1 aromatic carbocycles. The predicted octanol–water partition coefficient (Wildman–Crippen LogP) is 1.43. The number of thioether (sulfide) groups is 1. The lowest BCUT2D eigenvalue weighted by Crippen LogP contribution is -2.23. The number of halogens is 1. The summed E-state index contributed by atoms with van der Waals surface area (Å²) in [6, 6.07) is 5.15. The number of hydrogen-bond donors (Lipinski definition) is 2. The average Bonchev–Trinajstić information content (AvgIpc) is 2.51. The van der Waals surface area contributed by atoms with Gasteiger partial charge in [0.25, 0.3) is 0 Å². The van der Waals surface area contributed by atoms with Gasteiger partial charge in [0, 0.05) is 17.0 Å². The molecule has 0 spiro atoms. The molecule has 1 heterocycles. The van der Waals surface area contributed by atoms with Crippen LogP contribution >= 0.6 is 23.4 Å². The van der Waals surface area contributed by atoms with Crippen LogP contribution in [0.25, 0.3) is 0 Å². The van der Waals surface area contributed by atoms with Gasteiger partial charge in [-0.3, -0.25) is 14.9 Å². The first-order valence-electron chi connectivity index (χ1n) is 4.62. The van der Waals surface area contributed by atoms with E-state index in [-0.39, 0.29) is 18.2 Å². The van der Waals surface area contributed by atoms with Crippen molar-refractivity contribution in [3.63, 3.8) is 0 Å². The van der Waals surface area contributed by atoms with Crippen LogP contribution in [-0.2, 0) is 9.59 Å². The number of imide groups is 1. The Bertz CT molecular complexity index is 444. The maximum atomic E-state index is 11.4. The van der Waals surface area contributed by atoms with Crippen LogP contribution in [0.5, 0.6) is 0 Å². The van der Waals surface area contributed by atoms with Gasteiger partial charge in [0.1, 0.15) is 0 Å². The van der Waals surface area contributed by atoms with Crippen LogP contribution in [0.15, 0.2) is 23.1 Å². The van der Waals surface area contributed by atoms with Crippen LogP contribution in [0.3, 0.4) is 0 Å². The molecule has 0 aliphatic carbocycles. The summed E-state index contributed by atoms with van der Waals surface area (Å²) >= 11 is 7.20. The fourth-order valence-corrected chi connectivity index (χ4v) is 2.80. The molecule has 1 fully saturated rings. The van der Waals surface area contributed by atoms with Crippen LogP contribution < -0.4 is 11.1 Å². The predicted molar refractivity (Wildman–Crippen MR) is 63.3 cm³/mol. The summed E-state index contributed by atoms with van der Waals surface area (Å²) in [6.07, 6.45) is 0.175. The molecule has 3 N–H and O–H groups in total. The Kier molecular flexibility index (Phi) is 3.07. The fourth-order valence-electron chi connectivity index (χ4n) is 1.42. The number of benzene rings is 1. The second kappa shape index (κ2) is 4.35. The van der Waals surface area contributed by atoms with Crippen molar-refractivity contribution in [3.05, 3.63) is 23.2 Å². The number of nitrogen functional groups attached to an aromatic ring is 1. The number of amides is 2. The molecule has 1 saturated heterocycles. The van der Waals surface area contributed by atoms with Crippen LogP contribution in [0.1, 0.15) is 6.42 Å². The third-order valence-corrected chi connectivity index (χ3v) is 3.97. The van der Waals surface area contributed by atoms with Gasteiger partial charge in [-0.1, -0.05) is 17.7 Å². The van der Waals surface area contributed by atoms with Gasteiger partial charge in [0.15, 0.2) is 0 Å². The number of nitrogens with two attached hydrogens (primary N) is 1. The minimum absolute atomic E-state index is 0.175. The van der Waals surface area contributed by atoms with Crippen LogP contribution in [0.2, 0.25) is 5.02 Å². The van der Waals surface area contributed by atoms with E-state index in [4.69, 9.17) is 17.3 Å². The second-order valence-electron chi connectivity index (χ2n) is 3.38. The average molecular weight is 257 g/mol. The molecule has 1 unspecified atom stereocenters. The van der Waals surface area contributed by atoms with Crippen molar-refractivity contribution in [2.24, 2.45) is 0 Å². The highest BCUT2D eigenvalue weighted by Crippen LogP contribution is 2.37. The SMILES string of the molecule is Nc1cccc(Cl)c1SC1CC(=O)NC1=O. The lowest BCUT2D eigenvalue weighted by molar-refractivity contribution is -0.124. The lowest BCUT2D eigenvalue weighted by atomic mass is 10.3. The molecule has 1 aliphatic rings. The molecule has 1 aromatic rings. The highest BCUT2D eigenvalue weighted by molar-refractivity contribution is 8.01. The molecule has 2 amide bonds. The molecular formula is C10H9ClN2O2S. The van der Waals surface area contributed by atoms with Crippen molar-refractivity contribution in [3.8, 4) is 0 Å². The summed E-state index contributed by atoms with van der Waals surface area (Å²) in [4.78, 5) is 23.0. The Morgan fingerprint density at radius 3 is 2.75 bits per heavy atom. The summed E-state index contributed by atoms with van der Waals surface area (Å²) in [5.74, 6) is -0.539. The molecule has 84 valence electrons. The van der Waals surface area contributed by atoms with Crippen LogP contribution in [0.4, 0.5) is 5.69 Å². The van der Waals surface area contributed by atoms with Crippen molar-refractivity contribution in [2.75, 3.05) is 5.73 Å². The number of nitrogens with one attached hydrogen (secondary N) is 1. The largest absolute Gasteiger partial charge is 0.398 e.